The Labute approximate surface area is 118 Å². The van der Waals surface area contributed by atoms with Gasteiger partial charge in [-0.25, -0.2) is 0 Å². The summed E-state index contributed by atoms with van der Waals surface area (Å²) in [5.41, 5.74) is 1.51. The van der Waals surface area contributed by atoms with E-state index >= 15 is 0 Å². The summed E-state index contributed by atoms with van der Waals surface area (Å²) in [5.74, 6) is 1.65. The van der Waals surface area contributed by atoms with Crippen molar-refractivity contribution in [2.75, 3.05) is 6.54 Å². The Kier molecular flexibility index (Phi) is 5.91. The second-order valence-corrected chi connectivity index (χ2v) is 6.02. The van der Waals surface area contributed by atoms with E-state index in [0.29, 0.717) is 12.0 Å². The summed E-state index contributed by atoms with van der Waals surface area (Å²) >= 11 is 0. The lowest BCUT2D eigenvalue weighted by molar-refractivity contribution is 0.242. The van der Waals surface area contributed by atoms with Gasteiger partial charge >= 0.3 is 0 Å². The summed E-state index contributed by atoms with van der Waals surface area (Å²) in [5, 5.41) is 3.82. The first kappa shape index (κ1) is 14.6. The van der Waals surface area contributed by atoms with Crippen molar-refractivity contribution in [2.24, 2.45) is 5.92 Å². The number of hydrogen-bond donors (Lipinski definition) is 1. The van der Waals surface area contributed by atoms with E-state index in [-0.39, 0.29) is 0 Å². The van der Waals surface area contributed by atoms with Crippen LogP contribution in [-0.4, -0.2) is 12.6 Å². The summed E-state index contributed by atoms with van der Waals surface area (Å²) in [6.07, 6.45) is 8.19. The van der Waals surface area contributed by atoms with Crippen LogP contribution in [0.3, 0.4) is 0 Å². The topological polar surface area (TPSA) is 12.0 Å². The fraction of sp³-hybridized carbons (Fsp3) is 0.667. The molecule has 2 rings (SSSR count). The SMILES string of the molecule is CCCNC(CC1CCC1)C(CC)c1ccccc1. The van der Waals surface area contributed by atoms with Gasteiger partial charge in [0, 0.05) is 6.04 Å². The molecule has 1 saturated carbocycles. The van der Waals surface area contributed by atoms with Crippen LogP contribution in [0, 0.1) is 5.92 Å². The zero-order chi connectivity index (χ0) is 13.5. The molecule has 1 heteroatoms. The standard InChI is InChI=1S/C18H29N/c1-3-13-19-18(14-15-9-8-10-15)17(4-2)16-11-6-5-7-12-16/h5-7,11-12,15,17-19H,3-4,8-10,13-14H2,1-2H3. The van der Waals surface area contributed by atoms with Gasteiger partial charge in [0.05, 0.1) is 0 Å². The minimum atomic E-state index is 0.664. The Bertz CT molecular complexity index is 342. The lowest BCUT2D eigenvalue weighted by Crippen LogP contribution is -2.38. The lowest BCUT2D eigenvalue weighted by Gasteiger charge is -2.34. The van der Waals surface area contributed by atoms with Crippen LogP contribution in [0.1, 0.15) is 63.9 Å². The predicted octanol–water partition coefficient (Wildman–Crippen LogP) is 4.74. The van der Waals surface area contributed by atoms with Crippen molar-refractivity contribution >= 4 is 0 Å². The minimum absolute atomic E-state index is 0.664. The van der Waals surface area contributed by atoms with Crippen molar-refractivity contribution in [3.8, 4) is 0 Å². The molecule has 0 heterocycles. The van der Waals surface area contributed by atoms with Crippen LogP contribution in [0.25, 0.3) is 0 Å². The largest absolute Gasteiger partial charge is 0.313 e. The Morgan fingerprint density at radius 3 is 2.42 bits per heavy atom. The molecule has 1 aliphatic rings. The molecular formula is C18H29N. The Balaban J connectivity index is 2.04. The Hall–Kier alpha value is -0.820. The van der Waals surface area contributed by atoms with Crippen LogP contribution in [0.2, 0.25) is 0 Å². The van der Waals surface area contributed by atoms with Crippen molar-refractivity contribution in [3.63, 3.8) is 0 Å². The molecule has 1 fully saturated rings. The summed E-state index contributed by atoms with van der Waals surface area (Å²) < 4.78 is 0. The molecule has 0 spiro atoms. The molecule has 2 unspecified atom stereocenters. The Morgan fingerprint density at radius 2 is 1.89 bits per heavy atom. The number of rotatable bonds is 8. The maximum absolute atomic E-state index is 3.82. The van der Waals surface area contributed by atoms with Gasteiger partial charge in [0.15, 0.2) is 0 Å². The molecule has 0 aliphatic heterocycles. The van der Waals surface area contributed by atoms with Crippen molar-refractivity contribution in [1.29, 1.82) is 0 Å². The monoisotopic (exact) mass is 259 g/mol. The Morgan fingerprint density at radius 1 is 1.16 bits per heavy atom. The van der Waals surface area contributed by atoms with Gasteiger partial charge in [0.1, 0.15) is 0 Å². The fourth-order valence-electron chi connectivity index (χ4n) is 3.26. The van der Waals surface area contributed by atoms with E-state index < -0.39 is 0 Å². The normalized spacial score (nSPS) is 18.8. The van der Waals surface area contributed by atoms with Crippen molar-refractivity contribution in [2.45, 2.75) is 64.3 Å². The molecule has 1 N–H and O–H groups in total. The number of hydrogen-bond acceptors (Lipinski definition) is 1. The smallest absolute Gasteiger partial charge is 0.0138 e. The van der Waals surface area contributed by atoms with Crippen LogP contribution in [0.5, 0.6) is 0 Å². The van der Waals surface area contributed by atoms with Gasteiger partial charge in [-0.05, 0) is 43.2 Å². The van der Waals surface area contributed by atoms with Gasteiger partial charge < -0.3 is 5.32 Å². The molecule has 0 amide bonds. The highest BCUT2D eigenvalue weighted by atomic mass is 14.9. The van der Waals surface area contributed by atoms with Gasteiger partial charge in [0.2, 0.25) is 0 Å². The predicted molar refractivity (Wildman–Crippen MR) is 83.5 cm³/mol. The maximum Gasteiger partial charge on any atom is 0.0138 e. The average molecular weight is 259 g/mol. The minimum Gasteiger partial charge on any atom is -0.313 e. The summed E-state index contributed by atoms with van der Waals surface area (Å²) in [6, 6.07) is 11.7. The van der Waals surface area contributed by atoms with Gasteiger partial charge in [0.25, 0.3) is 0 Å². The quantitative estimate of drug-likeness (QED) is 0.711. The van der Waals surface area contributed by atoms with Crippen molar-refractivity contribution in [1.82, 2.24) is 5.32 Å². The van der Waals surface area contributed by atoms with Crippen LogP contribution >= 0.6 is 0 Å². The summed E-state index contributed by atoms with van der Waals surface area (Å²) in [7, 11) is 0. The third-order valence-electron chi connectivity index (χ3n) is 4.62. The molecule has 1 nitrogen and oxygen atoms in total. The maximum atomic E-state index is 3.82. The molecule has 0 bridgehead atoms. The van der Waals surface area contributed by atoms with E-state index in [1.807, 2.05) is 0 Å². The zero-order valence-electron chi connectivity index (χ0n) is 12.6. The zero-order valence-corrected chi connectivity index (χ0v) is 12.6. The molecule has 0 aromatic heterocycles. The number of benzene rings is 1. The molecule has 2 atom stereocenters. The van der Waals surface area contributed by atoms with Crippen LogP contribution in [-0.2, 0) is 0 Å². The summed E-state index contributed by atoms with van der Waals surface area (Å²) in [4.78, 5) is 0. The molecule has 106 valence electrons. The third-order valence-corrected chi connectivity index (χ3v) is 4.62. The first-order chi connectivity index (χ1) is 9.35. The third kappa shape index (κ3) is 4.07. The van der Waals surface area contributed by atoms with E-state index in [1.54, 1.807) is 0 Å². The molecule has 1 aromatic rings. The fourth-order valence-corrected chi connectivity index (χ4v) is 3.26. The lowest BCUT2D eigenvalue weighted by atomic mass is 9.76. The highest BCUT2D eigenvalue weighted by Gasteiger charge is 2.27. The van der Waals surface area contributed by atoms with E-state index in [0.717, 1.165) is 12.5 Å². The van der Waals surface area contributed by atoms with Crippen LogP contribution < -0.4 is 5.32 Å². The first-order valence-corrected chi connectivity index (χ1v) is 8.13. The van der Waals surface area contributed by atoms with Gasteiger partial charge in [-0.15, -0.1) is 0 Å². The van der Waals surface area contributed by atoms with Gasteiger partial charge in [-0.2, -0.15) is 0 Å². The van der Waals surface area contributed by atoms with Gasteiger partial charge in [-0.1, -0.05) is 63.4 Å². The molecule has 1 aliphatic carbocycles. The molecule has 1 aromatic carbocycles. The van der Waals surface area contributed by atoms with E-state index in [4.69, 9.17) is 0 Å². The van der Waals surface area contributed by atoms with Crippen LogP contribution in [0.4, 0.5) is 0 Å². The first-order valence-electron chi connectivity index (χ1n) is 8.13. The van der Waals surface area contributed by atoms with Gasteiger partial charge in [-0.3, -0.25) is 0 Å². The van der Waals surface area contributed by atoms with E-state index in [9.17, 15) is 0 Å². The molecule has 0 radical (unpaired) electrons. The highest BCUT2D eigenvalue weighted by Crippen LogP contribution is 2.35. The molecule has 0 saturated heterocycles. The van der Waals surface area contributed by atoms with Crippen LogP contribution in [0.15, 0.2) is 30.3 Å². The van der Waals surface area contributed by atoms with Crippen molar-refractivity contribution < 1.29 is 0 Å². The average Bonchev–Trinajstić information content (AvgIpc) is 2.41. The van der Waals surface area contributed by atoms with E-state index in [2.05, 4.69) is 49.5 Å². The number of nitrogens with one attached hydrogen (secondary N) is 1. The molecular weight excluding hydrogens is 230 g/mol. The second kappa shape index (κ2) is 7.69. The van der Waals surface area contributed by atoms with Crippen molar-refractivity contribution in [3.05, 3.63) is 35.9 Å². The summed E-state index contributed by atoms with van der Waals surface area (Å²) in [6.45, 7) is 5.75. The molecule has 19 heavy (non-hydrogen) atoms. The van der Waals surface area contributed by atoms with E-state index in [1.165, 1.54) is 44.1 Å². The second-order valence-electron chi connectivity index (χ2n) is 6.02. The highest BCUT2D eigenvalue weighted by molar-refractivity contribution is 5.21.